The molecule has 0 aromatic rings. The molecule has 1 aliphatic heterocycles. The first-order valence-electron chi connectivity index (χ1n) is 7.35. The maximum Gasteiger partial charge on any atom is 0.312 e. The molecule has 0 aromatic heterocycles. The van der Waals surface area contributed by atoms with E-state index in [9.17, 15) is 14.7 Å². The lowest BCUT2D eigenvalue weighted by atomic mass is 9.77. The zero-order valence-corrected chi connectivity index (χ0v) is 12.3. The van der Waals surface area contributed by atoms with Crippen LogP contribution in [-0.2, 0) is 14.3 Å². The highest BCUT2D eigenvalue weighted by Crippen LogP contribution is 2.41. The van der Waals surface area contributed by atoms with E-state index in [-0.39, 0.29) is 5.97 Å². The van der Waals surface area contributed by atoms with Crippen LogP contribution in [0.15, 0.2) is 0 Å². The molecule has 1 rings (SSSR count). The molecule has 1 saturated heterocycles. The third kappa shape index (κ3) is 3.95. The van der Waals surface area contributed by atoms with E-state index in [1.165, 1.54) is 25.7 Å². The van der Waals surface area contributed by atoms with Gasteiger partial charge in [0.25, 0.3) is 0 Å². The highest BCUT2D eigenvalue weighted by Gasteiger charge is 2.54. The van der Waals surface area contributed by atoms with Crippen molar-refractivity contribution >= 4 is 11.9 Å². The van der Waals surface area contributed by atoms with Crippen LogP contribution in [0.4, 0.5) is 0 Å². The van der Waals surface area contributed by atoms with Crippen LogP contribution in [0, 0.1) is 11.3 Å². The van der Waals surface area contributed by atoms with Gasteiger partial charge in [0.2, 0.25) is 0 Å². The molecule has 1 fully saturated rings. The summed E-state index contributed by atoms with van der Waals surface area (Å²) >= 11 is 0. The van der Waals surface area contributed by atoms with E-state index in [2.05, 4.69) is 6.92 Å². The van der Waals surface area contributed by atoms with E-state index in [0.717, 1.165) is 12.8 Å². The second-order valence-corrected chi connectivity index (χ2v) is 6.04. The maximum absolute atomic E-state index is 11.7. The van der Waals surface area contributed by atoms with Crippen LogP contribution in [0.25, 0.3) is 0 Å². The van der Waals surface area contributed by atoms with Gasteiger partial charge in [-0.15, -0.1) is 0 Å². The largest absolute Gasteiger partial charge is 0.481 e. The number of carboxylic acids is 1. The molecule has 0 aromatic carbocycles. The Labute approximate surface area is 115 Å². The summed E-state index contributed by atoms with van der Waals surface area (Å²) in [4.78, 5) is 23.0. The van der Waals surface area contributed by atoms with Gasteiger partial charge in [-0.2, -0.15) is 0 Å². The lowest BCUT2D eigenvalue weighted by molar-refractivity contribution is -0.149. The molecule has 1 aliphatic rings. The van der Waals surface area contributed by atoms with Crippen molar-refractivity contribution in [2.45, 2.75) is 71.8 Å². The van der Waals surface area contributed by atoms with Crippen molar-refractivity contribution in [2.75, 3.05) is 0 Å². The average Bonchev–Trinajstić information content (AvgIpc) is 2.54. The normalized spacial score (nSPS) is 25.3. The van der Waals surface area contributed by atoms with Gasteiger partial charge in [0.1, 0.15) is 12.0 Å². The van der Waals surface area contributed by atoms with Crippen LogP contribution in [0.3, 0.4) is 0 Å². The number of carboxylic acid groups (broad SMARTS) is 1. The molecule has 2 unspecified atom stereocenters. The first-order valence-corrected chi connectivity index (χ1v) is 7.35. The van der Waals surface area contributed by atoms with Crippen LogP contribution in [0.5, 0.6) is 0 Å². The number of hydrogen-bond acceptors (Lipinski definition) is 3. The molecule has 1 N–H and O–H groups in total. The molecular weight excluding hydrogens is 244 g/mol. The minimum absolute atomic E-state index is 0.379. The number of carbonyl (C=O) groups is 2. The molecule has 19 heavy (non-hydrogen) atoms. The Hall–Kier alpha value is -1.06. The van der Waals surface area contributed by atoms with E-state index < -0.39 is 23.4 Å². The number of aliphatic carboxylic acids is 1. The molecule has 0 spiro atoms. The number of esters is 1. The molecule has 2 atom stereocenters. The summed E-state index contributed by atoms with van der Waals surface area (Å²) in [6.45, 7) is 5.50. The first kappa shape index (κ1) is 16.0. The van der Waals surface area contributed by atoms with Crippen molar-refractivity contribution in [3.63, 3.8) is 0 Å². The first-order chi connectivity index (χ1) is 8.91. The highest BCUT2D eigenvalue weighted by atomic mass is 16.6. The summed E-state index contributed by atoms with van der Waals surface area (Å²) in [5, 5.41) is 9.28. The molecular formula is C15H26O4. The summed E-state index contributed by atoms with van der Waals surface area (Å²) in [6, 6.07) is 0. The van der Waals surface area contributed by atoms with E-state index in [0.29, 0.717) is 6.42 Å². The molecule has 0 aliphatic carbocycles. The lowest BCUT2D eigenvalue weighted by Gasteiger charge is -2.20. The molecule has 4 nitrogen and oxygen atoms in total. The molecule has 0 saturated carbocycles. The smallest absolute Gasteiger partial charge is 0.312 e. The van der Waals surface area contributed by atoms with Crippen LogP contribution >= 0.6 is 0 Å². The minimum Gasteiger partial charge on any atom is -0.481 e. The average molecular weight is 270 g/mol. The number of ether oxygens (including phenoxy) is 1. The lowest BCUT2D eigenvalue weighted by Crippen LogP contribution is -2.35. The Morgan fingerprint density at radius 2 is 1.79 bits per heavy atom. The van der Waals surface area contributed by atoms with E-state index in [1.54, 1.807) is 13.8 Å². The Morgan fingerprint density at radius 3 is 2.37 bits per heavy atom. The third-order valence-corrected chi connectivity index (χ3v) is 4.04. The summed E-state index contributed by atoms with van der Waals surface area (Å²) in [5.41, 5.74) is -0.904. The number of hydrogen-bond donors (Lipinski definition) is 1. The van der Waals surface area contributed by atoms with Gasteiger partial charge in [-0.05, 0) is 26.7 Å². The number of carbonyl (C=O) groups excluding carboxylic acids is 1. The Bertz CT molecular complexity index is 322. The van der Waals surface area contributed by atoms with Gasteiger partial charge in [-0.3, -0.25) is 9.59 Å². The van der Waals surface area contributed by atoms with Crippen LogP contribution in [0.1, 0.15) is 65.7 Å². The topological polar surface area (TPSA) is 63.6 Å². The highest BCUT2D eigenvalue weighted by molar-refractivity contribution is 5.87. The molecule has 0 radical (unpaired) electrons. The summed E-state index contributed by atoms with van der Waals surface area (Å²) in [7, 11) is 0. The summed E-state index contributed by atoms with van der Waals surface area (Å²) in [5.74, 6) is -2.02. The fourth-order valence-corrected chi connectivity index (χ4v) is 2.77. The van der Waals surface area contributed by atoms with Gasteiger partial charge in [-0.1, -0.05) is 39.0 Å². The molecule has 1 heterocycles. The SMILES string of the molecule is CCCCCCCCC1OC(=O)C(C)(C)C1C(=O)O. The monoisotopic (exact) mass is 270 g/mol. The van der Waals surface area contributed by atoms with Gasteiger partial charge in [0, 0.05) is 0 Å². The van der Waals surface area contributed by atoms with Crippen LogP contribution < -0.4 is 0 Å². The molecule has 4 heteroatoms. The van der Waals surface area contributed by atoms with Crippen molar-refractivity contribution in [1.82, 2.24) is 0 Å². The van der Waals surface area contributed by atoms with E-state index in [1.807, 2.05) is 0 Å². The van der Waals surface area contributed by atoms with Crippen molar-refractivity contribution in [3.05, 3.63) is 0 Å². The fraction of sp³-hybridized carbons (Fsp3) is 0.867. The van der Waals surface area contributed by atoms with Crippen LogP contribution in [0.2, 0.25) is 0 Å². The van der Waals surface area contributed by atoms with Crippen molar-refractivity contribution in [2.24, 2.45) is 11.3 Å². The van der Waals surface area contributed by atoms with Crippen molar-refractivity contribution in [1.29, 1.82) is 0 Å². The summed E-state index contributed by atoms with van der Waals surface area (Å²) in [6.07, 6.45) is 7.11. The third-order valence-electron chi connectivity index (χ3n) is 4.04. The van der Waals surface area contributed by atoms with Gasteiger partial charge < -0.3 is 9.84 Å². The van der Waals surface area contributed by atoms with E-state index >= 15 is 0 Å². The zero-order valence-electron chi connectivity index (χ0n) is 12.3. The van der Waals surface area contributed by atoms with Gasteiger partial charge in [0.15, 0.2) is 0 Å². The standard InChI is InChI=1S/C15H26O4/c1-4-5-6-7-8-9-10-11-12(13(16)17)15(2,3)14(18)19-11/h11-12H,4-10H2,1-3H3,(H,16,17). The predicted molar refractivity (Wildman–Crippen MR) is 72.8 cm³/mol. The van der Waals surface area contributed by atoms with E-state index in [4.69, 9.17) is 4.74 Å². The maximum atomic E-state index is 11.7. The van der Waals surface area contributed by atoms with Gasteiger partial charge in [-0.25, -0.2) is 0 Å². The number of unbranched alkanes of at least 4 members (excludes halogenated alkanes) is 5. The number of rotatable bonds is 8. The second kappa shape index (κ2) is 6.92. The second-order valence-electron chi connectivity index (χ2n) is 6.04. The Kier molecular flexibility index (Phi) is 5.83. The van der Waals surface area contributed by atoms with Gasteiger partial charge in [0.05, 0.1) is 5.41 Å². The molecule has 0 amide bonds. The molecule has 0 bridgehead atoms. The zero-order chi connectivity index (χ0) is 14.5. The predicted octanol–water partition coefficient (Wildman–Crippen LogP) is 3.39. The van der Waals surface area contributed by atoms with Crippen LogP contribution in [-0.4, -0.2) is 23.1 Å². The van der Waals surface area contributed by atoms with Crippen molar-refractivity contribution < 1.29 is 19.4 Å². The van der Waals surface area contributed by atoms with Gasteiger partial charge >= 0.3 is 11.9 Å². The Morgan fingerprint density at radius 1 is 1.21 bits per heavy atom. The minimum atomic E-state index is -0.924. The molecule has 110 valence electrons. The summed E-state index contributed by atoms with van der Waals surface area (Å²) < 4.78 is 5.26. The van der Waals surface area contributed by atoms with Crippen molar-refractivity contribution in [3.8, 4) is 0 Å². The Balaban J connectivity index is 2.41. The number of cyclic esters (lactones) is 1. The quantitative estimate of drug-likeness (QED) is 0.542. The fourth-order valence-electron chi connectivity index (χ4n) is 2.77.